The van der Waals surface area contributed by atoms with Crippen LogP contribution in [-0.4, -0.2) is 29.7 Å². The molecular weight excluding hydrogens is 218 g/mol. The lowest BCUT2D eigenvalue weighted by molar-refractivity contribution is 0.162. The highest BCUT2D eigenvalue weighted by molar-refractivity contribution is 5.16. The fourth-order valence-corrected chi connectivity index (χ4v) is 1.03. The molecule has 0 aliphatic rings. The first kappa shape index (κ1) is 12.8. The van der Waals surface area contributed by atoms with E-state index in [1.54, 1.807) is 0 Å². The summed E-state index contributed by atoms with van der Waals surface area (Å²) in [5, 5.41) is 12.7. The van der Waals surface area contributed by atoms with Crippen molar-refractivity contribution in [3.05, 3.63) is 5.89 Å². The van der Waals surface area contributed by atoms with E-state index in [0.29, 0.717) is 18.4 Å². The van der Waals surface area contributed by atoms with Crippen LogP contribution in [0.3, 0.4) is 0 Å². The fraction of sp³-hybridized carbons (Fsp3) is 0.778. The van der Waals surface area contributed by atoms with Gasteiger partial charge in [0.2, 0.25) is 5.89 Å². The maximum absolute atomic E-state index is 11.9. The second kappa shape index (κ2) is 6.37. The zero-order valence-corrected chi connectivity index (χ0v) is 9.33. The molecule has 0 saturated heterocycles. The summed E-state index contributed by atoms with van der Waals surface area (Å²) in [6.07, 6.45) is -2.44. The topological polar surface area (TPSA) is 63.0 Å². The van der Waals surface area contributed by atoms with E-state index in [1.807, 2.05) is 0 Å². The number of nitrogens with zero attached hydrogens (tertiary/aromatic N) is 2. The molecule has 1 heterocycles. The second-order valence-corrected chi connectivity index (χ2v) is 3.80. The van der Waals surface area contributed by atoms with Gasteiger partial charge in [-0.2, -0.15) is 0 Å². The monoisotopic (exact) mass is 234 g/mol. The van der Waals surface area contributed by atoms with Crippen molar-refractivity contribution in [2.75, 3.05) is 18.4 Å². The molecule has 1 rings (SSSR count). The van der Waals surface area contributed by atoms with Gasteiger partial charge in [0.1, 0.15) is 0 Å². The van der Waals surface area contributed by atoms with Crippen molar-refractivity contribution in [1.82, 2.24) is 15.5 Å². The number of hydrogen-bond acceptors (Lipinski definition) is 5. The lowest BCUT2D eigenvalue weighted by atomic mass is 10.2. The first-order valence-corrected chi connectivity index (χ1v) is 5.13. The smallest absolute Gasteiger partial charge is 0.315 e. The summed E-state index contributed by atoms with van der Waals surface area (Å²) >= 11 is 0. The van der Waals surface area contributed by atoms with Gasteiger partial charge in [0.15, 0.2) is 0 Å². The normalized spacial score (nSPS) is 11.4. The Morgan fingerprint density at radius 3 is 2.62 bits per heavy atom. The molecule has 0 fully saturated rings. The van der Waals surface area contributed by atoms with Gasteiger partial charge in [0.25, 0.3) is 6.43 Å². The first-order chi connectivity index (χ1) is 7.58. The Kier molecular flexibility index (Phi) is 5.10. The van der Waals surface area contributed by atoms with Gasteiger partial charge in [0, 0.05) is 0 Å². The molecule has 7 heteroatoms. The molecule has 92 valence electrons. The van der Waals surface area contributed by atoms with Gasteiger partial charge < -0.3 is 15.1 Å². The third-order valence-corrected chi connectivity index (χ3v) is 1.70. The number of anilines is 1. The number of rotatable bonds is 7. The van der Waals surface area contributed by atoms with Crippen LogP contribution < -0.4 is 10.6 Å². The molecule has 0 aliphatic heterocycles. The molecule has 0 unspecified atom stereocenters. The predicted molar refractivity (Wildman–Crippen MR) is 55.3 cm³/mol. The summed E-state index contributed by atoms with van der Waals surface area (Å²) in [6.45, 7) is 4.96. The van der Waals surface area contributed by atoms with Gasteiger partial charge in [-0.3, -0.25) is 0 Å². The maximum atomic E-state index is 11.9. The molecule has 0 amide bonds. The van der Waals surface area contributed by atoms with Crippen molar-refractivity contribution in [3.8, 4) is 0 Å². The molecule has 1 aromatic heterocycles. The number of hydrogen-bond donors (Lipinski definition) is 2. The Hall–Kier alpha value is -1.24. The second-order valence-electron chi connectivity index (χ2n) is 3.80. The van der Waals surface area contributed by atoms with Crippen LogP contribution in [0.15, 0.2) is 4.42 Å². The highest BCUT2D eigenvalue weighted by atomic mass is 19.3. The largest absolute Gasteiger partial charge is 0.407 e. The molecule has 0 radical (unpaired) electrons. The average molecular weight is 234 g/mol. The number of nitrogens with one attached hydrogen (secondary N) is 2. The Balaban J connectivity index is 2.28. The van der Waals surface area contributed by atoms with Crippen molar-refractivity contribution < 1.29 is 13.2 Å². The quantitative estimate of drug-likeness (QED) is 0.748. The number of halogens is 2. The third-order valence-electron chi connectivity index (χ3n) is 1.70. The molecule has 2 N–H and O–H groups in total. The average Bonchev–Trinajstić information content (AvgIpc) is 2.62. The van der Waals surface area contributed by atoms with Crippen LogP contribution in [0, 0.1) is 5.92 Å². The van der Waals surface area contributed by atoms with Crippen LogP contribution in [-0.2, 0) is 6.54 Å². The molecule has 16 heavy (non-hydrogen) atoms. The highest BCUT2D eigenvalue weighted by Gasteiger charge is 2.08. The van der Waals surface area contributed by atoms with E-state index in [1.165, 1.54) is 0 Å². The Labute approximate surface area is 92.6 Å². The summed E-state index contributed by atoms with van der Waals surface area (Å²) in [5.41, 5.74) is 0. The summed E-state index contributed by atoms with van der Waals surface area (Å²) in [7, 11) is 0. The summed E-state index contributed by atoms with van der Waals surface area (Å²) in [6, 6.07) is 0.0293. The third kappa shape index (κ3) is 5.01. The molecule has 0 aliphatic carbocycles. The SMILES string of the molecule is CC(C)CNCc1nnc(NCC(F)F)o1. The van der Waals surface area contributed by atoms with Crippen LogP contribution in [0.4, 0.5) is 14.8 Å². The minimum absolute atomic E-state index is 0.0293. The van der Waals surface area contributed by atoms with E-state index in [9.17, 15) is 8.78 Å². The lowest BCUT2D eigenvalue weighted by Gasteiger charge is -2.03. The predicted octanol–water partition coefficient (Wildman–Crippen LogP) is 1.49. The van der Waals surface area contributed by atoms with Gasteiger partial charge in [-0.05, 0) is 12.5 Å². The van der Waals surface area contributed by atoms with Gasteiger partial charge in [0.05, 0.1) is 13.1 Å². The zero-order valence-electron chi connectivity index (χ0n) is 9.33. The minimum Gasteiger partial charge on any atom is -0.407 e. The Morgan fingerprint density at radius 2 is 2.00 bits per heavy atom. The van der Waals surface area contributed by atoms with Crippen LogP contribution in [0.2, 0.25) is 0 Å². The van der Waals surface area contributed by atoms with Gasteiger partial charge >= 0.3 is 6.01 Å². The molecule has 0 saturated carbocycles. The van der Waals surface area contributed by atoms with Gasteiger partial charge in [-0.25, -0.2) is 8.78 Å². The lowest BCUT2D eigenvalue weighted by Crippen LogP contribution is -2.19. The maximum Gasteiger partial charge on any atom is 0.315 e. The first-order valence-electron chi connectivity index (χ1n) is 5.13. The van der Waals surface area contributed by atoms with Crippen molar-refractivity contribution in [1.29, 1.82) is 0 Å². The highest BCUT2D eigenvalue weighted by Crippen LogP contribution is 2.06. The van der Waals surface area contributed by atoms with E-state index in [-0.39, 0.29) is 6.01 Å². The molecule has 0 aromatic carbocycles. The van der Waals surface area contributed by atoms with Crippen LogP contribution >= 0.6 is 0 Å². The van der Waals surface area contributed by atoms with Crippen molar-refractivity contribution in [2.45, 2.75) is 26.8 Å². The Bertz CT molecular complexity index is 303. The van der Waals surface area contributed by atoms with Crippen LogP contribution in [0.25, 0.3) is 0 Å². The molecule has 1 aromatic rings. The zero-order chi connectivity index (χ0) is 12.0. The van der Waals surface area contributed by atoms with Crippen molar-refractivity contribution in [3.63, 3.8) is 0 Å². The summed E-state index contributed by atoms with van der Waals surface area (Å²) in [5.74, 6) is 0.914. The minimum atomic E-state index is -2.44. The number of aromatic nitrogens is 2. The Morgan fingerprint density at radius 1 is 1.25 bits per heavy atom. The van der Waals surface area contributed by atoms with E-state index < -0.39 is 13.0 Å². The van der Waals surface area contributed by atoms with E-state index >= 15 is 0 Å². The van der Waals surface area contributed by atoms with Crippen molar-refractivity contribution >= 4 is 6.01 Å². The molecular formula is C9H16F2N4O. The molecule has 0 bridgehead atoms. The molecule has 0 spiro atoms. The van der Waals surface area contributed by atoms with E-state index in [4.69, 9.17) is 4.42 Å². The summed E-state index contributed by atoms with van der Waals surface area (Å²) < 4.78 is 28.8. The van der Waals surface area contributed by atoms with E-state index in [2.05, 4.69) is 34.7 Å². The molecule has 5 nitrogen and oxygen atoms in total. The number of alkyl halides is 2. The van der Waals surface area contributed by atoms with Gasteiger partial charge in [-0.15, -0.1) is 5.10 Å². The standard InChI is InChI=1S/C9H16F2N4O/c1-6(2)3-12-5-8-14-15-9(16-8)13-4-7(10)11/h6-7,12H,3-5H2,1-2H3,(H,13,15). The van der Waals surface area contributed by atoms with Crippen LogP contribution in [0.5, 0.6) is 0 Å². The van der Waals surface area contributed by atoms with Crippen molar-refractivity contribution in [2.24, 2.45) is 5.92 Å². The van der Waals surface area contributed by atoms with E-state index in [0.717, 1.165) is 6.54 Å². The summed E-state index contributed by atoms with van der Waals surface area (Å²) in [4.78, 5) is 0. The fourth-order valence-electron chi connectivity index (χ4n) is 1.03. The van der Waals surface area contributed by atoms with Gasteiger partial charge in [-0.1, -0.05) is 18.9 Å². The van der Waals surface area contributed by atoms with Crippen LogP contribution in [0.1, 0.15) is 19.7 Å². The molecule has 0 atom stereocenters.